The molecule has 2 aliphatic rings. The maximum absolute atomic E-state index is 11.7. The minimum absolute atomic E-state index is 0.224. The summed E-state index contributed by atoms with van der Waals surface area (Å²) in [6.07, 6.45) is 9.71. The Hall–Kier alpha value is -0.570. The van der Waals surface area contributed by atoms with Crippen LogP contribution in [0.1, 0.15) is 51.4 Å². The number of rotatable bonds is 4. The lowest BCUT2D eigenvalue weighted by atomic mass is 9.87. The van der Waals surface area contributed by atoms with Gasteiger partial charge in [-0.05, 0) is 31.6 Å². The van der Waals surface area contributed by atoms with Gasteiger partial charge in [0, 0.05) is 19.6 Å². The molecule has 1 N–H and O–H groups in total. The molecule has 0 aromatic rings. The van der Waals surface area contributed by atoms with Gasteiger partial charge in [-0.1, -0.05) is 19.3 Å². The number of carbonyl (C=O) groups excluding carboxylic acids is 1. The van der Waals surface area contributed by atoms with Gasteiger partial charge in [-0.2, -0.15) is 0 Å². The Balaban J connectivity index is 1.59. The molecule has 3 heteroatoms. The van der Waals surface area contributed by atoms with Crippen molar-refractivity contribution in [2.75, 3.05) is 13.2 Å². The summed E-state index contributed by atoms with van der Waals surface area (Å²) in [6, 6.07) is 0. The van der Waals surface area contributed by atoms with E-state index in [4.69, 9.17) is 4.74 Å². The van der Waals surface area contributed by atoms with Gasteiger partial charge in [0.2, 0.25) is 5.91 Å². The van der Waals surface area contributed by atoms with E-state index in [9.17, 15) is 4.79 Å². The summed E-state index contributed by atoms with van der Waals surface area (Å²) < 4.78 is 5.48. The second-order valence-electron chi connectivity index (χ2n) is 5.15. The van der Waals surface area contributed by atoms with Crippen molar-refractivity contribution in [1.82, 2.24) is 5.32 Å². The van der Waals surface area contributed by atoms with Gasteiger partial charge in [-0.25, -0.2) is 0 Å². The molecule has 1 saturated carbocycles. The summed E-state index contributed by atoms with van der Waals surface area (Å²) in [5, 5.41) is 3.01. The van der Waals surface area contributed by atoms with Crippen LogP contribution in [0.2, 0.25) is 0 Å². The zero-order chi connectivity index (χ0) is 11.2. The van der Waals surface area contributed by atoms with Crippen LogP contribution in [0.25, 0.3) is 0 Å². The quantitative estimate of drug-likeness (QED) is 0.797. The van der Waals surface area contributed by atoms with Gasteiger partial charge in [-0.15, -0.1) is 0 Å². The van der Waals surface area contributed by atoms with E-state index in [1.54, 1.807) is 0 Å². The van der Waals surface area contributed by atoms with Crippen molar-refractivity contribution < 1.29 is 9.53 Å². The van der Waals surface area contributed by atoms with Gasteiger partial charge in [0.25, 0.3) is 0 Å². The smallest absolute Gasteiger partial charge is 0.220 e. The highest BCUT2D eigenvalue weighted by Crippen LogP contribution is 2.26. The SMILES string of the molecule is O=C(CC1CCCCC1)NC[C@@H]1CCCO1. The normalized spacial score (nSPS) is 26.9. The van der Waals surface area contributed by atoms with Crippen LogP contribution in [0.3, 0.4) is 0 Å². The Kier molecular flexibility index (Phi) is 4.64. The van der Waals surface area contributed by atoms with Crippen LogP contribution >= 0.6 is 0 Å². The Bertz CT molecular complexity index is 218. The number of nitrogens with one attached hydrogen (secondary N) is 1. The largest absolute Gasteiger partial charge is 0.376 e. The first-order valence-corrected chi connectivity index (χ1v) is 6.73. The average Bonchev–Trinajstić information content (AvgIpc) is 2.81. The van der Waals surface area contributed by atoms with Gasteiger partial charge < -0.3 is 10.1 Å². The molecule has 16 heavy (non-hydrogen) atoms. The highest BCUT2D eigenvalue weighted by molar-refractivity contribution is 5.76. The summed E-state index contributed by atoms with van der Waals surface area (Å²) in [6.45, 7) is 1.58. The minimum Gasteiger partial charge on any atom is -0.376 e. The van der Waals surface area contributed by atoms with E-state index in [0.29, 0.717) is 12.5 Å². The standard InChI is InChI=1S/C13H23NO2/c15-13(9-11-5-2-1-3-6-11)14-10-12-7-4-8-16-12/h11-12H,1-10H2,(H,14,15)/t12-/m0/s1. The molecule has 1 atom stereocenters. The fourth-order valence-corrected chi connectivity index (χ4v) is 2.76. The fourth-order valence-electron chi connectivity index (χ4n) is 2.76. The first kappa shape index (κ1) is 11.9. The van der Waals surface area contributed by atoms with E-state index >= 15 is 0 Å². The highest BCUT2D eigenvalue weighted by Gasteiger charge is 2.19. The topological polar surface area (TPSA) is 38.3 Å². The van der Waals surface area contributed by atoms with E-state index in [1.807, 2.05) is 0 Å². The van der Waals surface area contributed by atoms with Crippen LogP contribution in [0.15, 0.2) is 0 Å². The van der Waals surface area contributed by atoms with E-state index in [2.05, 4.69) is 5.32 Å². The number of carbonyl (C=O) groups is 1. The molecule has 2 rings (SSSR count). The van der Waals surface area contributed by atoms with Crippen molar-refractivity contribution in [2.45, 2.75) is 57.5 Å². The summed E-state index contributed by atoms with van der Waals surface area (Å²) >= 11 is 0. The Morgan fingerprint density at radius 2 is 1.94 bits per heavy atom. The second-order valence-corrected chi connectivity index (χ2v) is 5.15. The minimum atomic E-state index is 0.224. The molecule has 1 aliphatic heterocycles. The summed E-state index contributed by atoms with van der Waals surface area (Å²) in [5.41, 5.74) is 0. The predicted octanol–water partition coefficient (Wildman–Crippen LogP) is 2.25. The van der Waals surface area contributed by atoms with Crippen LogP contribution in [0.4, 0.5) is 0 Å². The third kappa shape index (κ3) is 3.78. The summed E-state index contributed by atoms with van der Waals surface area (Å²) in [4.78, 5) is 11.7. The number of hydrogen-bond donors (Lipinski definition) is 1. The summed E-state index contributed by atoms with van der Waals surface area (Å²) in [5.74, 6) is 0.862. The molecule has 1 heterocycles. The lowest BCUT2D eigenvalue weighted by Crippen LogP contribution is -2.33. The third-order valence-electron chi connectivity index (χ3n) is 3.75. The lowest BCUT2D eigenvalue weighted by Gasteiger charge is -2.21. The lowest BCUT2D eigenvalue weighted by molar-refractivity contribution is -0.122. The van der Waals surface area contributed by atoms with Crippen molar-refractivity contribution in [3.05, 3.63) is 0 Å². The third-order valence-corrected chi connectivity index (χ3v) is 3.75. The number of ether oxygens (including phenoxy) is 1. The first-order chi connectivity index (χ1) is 7.84. The van der Waals surface area contributed by atoms with Crippen molar-refractivity contribution in [1.29, 1.82) is 0 Å². The monoisotopic (exact) mass is 225 g/mol. The zero-order valence-electron chi connectivity index (χ0n) is 10.0. The maximum Gasteiger partial charge on any atom is 0.220 e. The van der Waals surface area contributed by atoms with Crippen LogP contribution in [0, 0.1) is 5.92 Å². The molecule has 3 nitrogen and oxygen atoms in total. The number of amides is 1. The van der Waals surface area contributed by atoms with Crippen LogP contribution < -0.4 is 5.32 Å². The molecular formula is C13H23NO2. The van der Waals surface area contributed by atoms with Gasteiger partial charge in [0.05, 0.1) is 6.10 Å². The summed E-state index contributed by atoms with van der Waals surface area (Å²) in [7, 11) is 0. The number of hydrogen-bond acceptors (Lipinski definition) is 2. The molecule has 1 amide bonds. The molecule has 0 radical (unpaired) electrons. The molecule has 0 aromatic heterocycles. The van der Waals surface area contributed by atoms with Crippen molar-refractivity contribution in [3.63, 3.8) is 0 Å². The highest BCUT2D eigenvalue weighted by atomic mass is 16.5. The molecule has 2 fully saturated rings. The molecule has 0 unspecified atom stereocenters. The van der Waals surface area contributed by atoms with Crippen molar-refractivity contribution >= 4 is 5.91 Å². The molecular weight excluding hydrogens is 202 g/mol. The zero-order valence-corrected chi connectivity index (χ0v) is 10.0. The molecule has 0 aromatic carbocycles. The molecule has 0 bridgehead atoms. The first-order valence-electron chi connectivity index (χ1n) is 6.73. The van der Waals surface area contributed by atoms with Gasteiger partial charge in [0.1, 0.15) is 0 Å². The van der Waals surface area contributed by atoms with Crippen LogP contribution in [-0.4, -0.2) is 25.2 Å². The average molecular weight is 225 g/mol. The molecule has 92 valence electrons. The van der Waals surface area contributed by atoms with E-state index in [-0.39, 0.29) is 12.0 Å². The van der Waals surface area contributed by atoms with Gasteiger partial charge >= 0.3 is 0 Å². The van der Waals surface area contributed by atoms with E-state index in [0.717, 1.165) is 25.9 Å². The second kappa shape index (κ2) is 6.24. The van der Waals surface area contributed by atoms with Gasteiger partial charge in [0.15, 0.2) is 0 Å². The molecule has 1 aliphatic carbocycles. The van der Waals surface area contributed by atoms with E-state index < -0.39 is 0 Å². The predicted molar refractivity (Wildman–Crippen MR) is 63.2 cm³/mol. The van der Waals surface area contributed by atoms with Crippen LogP contribution in [0.5, 0.6) is 0 Å². The Labute approximate surface area is 97.9 Å². The molecule has 1 saturated heterocycles. The Morgan fingerprint density at radius 1 is 1.12 bits per heavy atom. The fraction of sp³-hybridized carbons (Fsp3) is 0.923. The van der Waals surface area contributed by atoms with Crippen molar-refractivity contribution in [3.8, 4) is 0 Å². The maximum atomic E-state index is 11.7. The van der Waals surface area contributed by atoms with Gasteiger partial charge in [-0.3, -0.25) is 4.79 Å². The van der Waals surface area contributed by atoms with E-state index in [1.165, 1.54) is 32.1 Å². The molecule has 0 spiro atoms. The Morgan fingerprint density at radius 3 is 2.62 bits per heavy atom. The van der Waals surface area contributed by atoms with Crippen LogP contribution in [-0.2, 0) is 9.53 Å². The van der Waals surface area contributed by atoms with Crippen molar-refractivity contribution in [2.24, 2.45) is 5.92 Å².